The van der Waals surface area contributed by atoms with E-state index in [1.807, 2.05) is 24.3 Å². The summed E-state index contributed by atoms with van der Waals surface area (Å²) in [5, 5.41) is 20.2. The molecule has 2 aromatic heterocycles. The number of aromatic nitrogens is 2. The molecule has 0 spiro atoms. The highest BCUT2D eigenvalue weighted by molar-refractivity contribution is 6.33. The summed E-state index contributed by atoms with van der Waals surface area (Å²) in [5.74, 6) is 0.292. The van der Waals surface area contributed by atoms with Gasteiger partial charge in [0, 0.05) is 12.0 Å². The maximum absolute atomic E-state index is 9.94. The number of nitriles is 1. The van der Waals surface area contributed by atoms with Crippen LogP contribution in [0.4, 0.5) is 0 Å². The van der Waals surface area contributed by atoms with Crippen molar-refractivity contribution in [2.24, 2.45) is 0 Å². The number of rotatable bonds is 4. The predicted molar refractivity (Wildman–Crippen MR) is 114 cm³/mol. The number of fused-ring (bicyclic) bond motifs is 2. The van der Waals surface area contributed by atoms with Crippen LogP contribution in [0.15, 0.2) is 30.3 Å². The number of benzene rings is 1. The summed E-state index contributed by atoms with van der Waals surface area (Å²) in [5.41, 5.74) is 3.95. The minimum Gasteiger partial charge on any atom is -0.469 e. The minimum atomic E-state index is -0.669. The van der Waals surface area contributed by atoms with E-state index in [-0.39, 0.29) is 25.4 Å². The third-order valence-corrected chi connectivity index (χ3v) is 6.59. The van der Waals surface area contributed by atoms with Crippen molar-refractivity contribution in [3.63, 3.8) is 0 Å². The first kappa shape index (κ1) is 20.0. The predicted octanol–water partition coefficient (Wildman–Crippen LogP) is 3.12. The minimum absolute atomic E-state index is 0.161. The van der Waals surface area contributed by atoms with E-state index in [1.165, 1.54) is 0 Å². The third kappa shape index (κ3) is 3.17. The zero-order chi connectivity index (χ0) is 21.8. The Kier molecular flexibility index (Phi) is 4.82. The second-order valence-corrected chi connectivity index (χ2v) is 8.65. The van der Waals surface area contributed by atoms with Crippen molar-refractivity contribution >= 4 is 22.6 Å². The molecule has 0 aliphatic carbocycles. The van der Waals surface area contributed by atoms with E-state index in [0.29, 0.717) is 33.2 Å². The smallest absolute Gasteiger partial charge is 0.212 e. The van der Waals surface area contributed by atoms with E-state index >= 15 is 0 Å². The fraction of sp³-hybridized carbons (Fsp3) is 0.391. The van der Waals surface area contributed by atoms with Gasteiger partial charge in [0.1, 0.15) is 35.5 Å². The Balaban J connectivity index is 1.33. The van der Waals surface area contributed by atoms with Gasteiger partial charge in [-0.1, -0.05) is 35.9 Å². The zero-order valence-electron chi connectivity index (χ0n) is 17.0. The molecule has 6 rings (SSSR count). The maximum atomic E-state index is 9.94. The Morgan fingerprint density at radius 1 is 1.16 bits per heavy atom. The molecule has 8 nitrogen and oxygen atoms in total. The van der Waals surface area contributed by atoms with Crippen molar-refractivity contribution < 1.29 is 24.1 Å². The van der Waals surface area contributed by atoms with Crippen LogP contribution >= 0.6 is 11.6 Å². The molecular weight excluding hydrogens is 434 g/mol. The monoisotopic (exact) mass is 453 g/mol. The Hall–Kier alpha value is -2.67. The van der Waals surface area contributed by atoms with Gasteiger partial charge in [-0.3, -0.25) is 0 Å². The second kappa shape index (κ2) is 7.73. The lowest BCUT2D eigenvalue weighted by Gasteiger charge is -2.26. The normalized spacial score (nSPS) is 29.0. The van der Waals surface area contributed by atoms with Crippen molar-refractivity contribution in [1.82, 2.24) is 9.97 Å². The van der Waals surface area contributed by atoms with Crippen molar-refractivity contribution in [3.05, 3.63) is 46.5 Å². The molecule has 1 aromatic carbocycles. The number of hydrogen-bond donors (Lipinski definition) is 2. The van der Waals surface area contributed by atoms with E-state index in [2.05, 4.69) is 11.1 Å². The quantitative estimate of drug-likeness (QED) is 0.624. The SMILES string of the molecule is N#Cc1c(O[C@@H]2CO[C@H]3[C@@H]2OC[C@H]3O)[nH]c2cc(Cl)c(-c3ccc(C4CCO4)cc3)nc12. The van der Waals surface area contributed by atoms with Gasteiger partial charge in [0.25, 0.3) is 0 Å². The molecule has 5 atom stereocenters. The number of nitrogens with one attached hydrogen (secondary N) is 1. The van der Waals surface area contributed by atoms with Crippen LogP contribution in [-0.2, 0) is 14.2 Å². The molecule has 0 saturated carbocycles. The number of aliphatic hydroxyl groups excluding tert-OH is 1. The van der Waals surface area contributed by atoms with Crippen molar-refractivity contribution in [2.75, 3.05) is 19.8 Å². The summed E-state index contributed by atoms with van der Waals surface area (Å²) in [6.45, 7) is 1.27. The number of ether oxygens (including phenoxy) is 4. The van der Waals surface area contributed by atoms with Crippen LogP contribution in [-0.4, -0.2) is 59.3 Å². The van der Waals surface area contributed by atoms with Crippen molar-refractivity contribution in [2.45, 2.75) is 36.9 Å². The molecule has 1 unspecified atom stereocenters. The van der Waals surface area contributed by atoms with Crippen molar-refractivity contribution in [1.29, 1.82) is 5.26 Å². The van der Waals surface area contributed by atoms with Crippen LogP contribution < -0.4 is 4.74 Å². The molecule has 32 heavy (non-hydrogen) atoms. The lowest BCUT2D eigenvalue weighted by molar-refractivity contribution is -0.0527. The number of H-pyrrole nitrogens is 1. The summed E-state index contributed by atoms with van der Waals surface area (Å²) in [6, 6.07) is 11.9. The zero-order valence-corrected chi connectivity index (χ0v) is 17.7. The van der Waals surface area contributed by atoms with E-state index in [1.54, 1.807) is 6.07 Å². The first-order chi connectivity index (χ1) is 15.6. The van der Waals surface area contributed by atoms with Crippen molar-refractivity contribution in [3.8, 4) is 23.2 Å². The van der Waals surface area contributed by atoms with E-state index in [4.69, 9.17) is 35.5 Å². The van der Waals surface area contributed by atoms with Gasteiger partial charge >= 0.3 is 0 Å². The fourth-order valence-electron chi connectivity index (χ4n) is 4.51. The summed E-state index contributed by atoms with van der Waals surface area (Å²) in [6.07, 6.45) is -0.714. The van der Waals surface area contributed by atoms with Gasteiger partial charge in [-0.05, 0) is 11.6 Å². The first-order valence-corrected chi connectivity index (χ1v) is 10.9. The Bertz CT molecular complexity index is 1220. The van der Waals surface area contributed by atoms with E-state index < -0.39 is 18.3 Å². The molecule has 3 saturated heterocycles. The summed E-state index contributed by atoms with van der Waals surface area (Å²) >= 11 is 6.54. The molecule has 5 heterocycles. The van der Waals surface area contributed by atoms with Gasteiger partial charge in [0.15, 0.2) is 6.10 Å². The number of aromatic amines is 1. The van der Waals surface area contributed by atoms with Gasteiger partial charge in [0.2, 0.25) is 5.88 Å². The van der Waals surface area contributed by atoms with Gasteiger partial charge in [-0.15, -0.1) is 0 Å². The molecule has 9 heteroatoms. The van der Waals surface area contributed by atoms with Crippen LogP contribution in [0.1, 0.15) is 23.7 Å². The first-order valence-electron chi connectivity index (χ1n) is 10.5. The Morgan fingerprint density at radius 3 is 2.66 bits per heavy atom. The molecule has 3 aliphatic heterocycles. The van der Waals surface area contributed by atoms with E-state index in [9.17, 15) is 10.4 Å². The highest BCUT2D eigenvalue weighted by atomic mass is 35.5. The largest absolute Gasteiger partial charge is 0.469 e. The Labute approximate surface area is 188 Å². The lowest BCUT2D eigenvalue weighted by Crippen LogP contribution is -2.34. The van der Waals surface area contributed by atoms with E-state index in [0.717, 1.165) is 24.2 Å². The van der Waals surface area contributed by atoms with Gasteiger partial charge < -0.3 is 29.0 Å². The summed E-state index contributed by atoms with van der Waals surface area (Å²) in [4.78, 5) is 7.81. The van der Waals surface area contributed by atoms with Crippen LogP contribution in [0.25, 0.3) is 22.3 Å². The van der Waals surface area contributed by atoms with Crippen LogP contribution in [0, 0.1) is 11.3 Å². The number of aliphatic hydroxyl groups is 1. The van der Waals surface area contributed by atoms with Gasteiger partial charge in [-0.2, -0.15) is 5.26 Å². The second-order valence-electron chi connectivity index (χ2n) is 8.25. The van der Waals surface area contributed by atoms with Gasteiger partial charge in [0.05, 0.1) is 42.2 Å². The summed E-state index contributed by atoms with van der Waals surface area (Å²) < 4.78 is 22.8. The molecule has 3 aromatic rings. The average Bonchev–Trinajstić information content (AvgIpc) is 3.42. The molecule has 0 amide bonds. The van der Waals surface area contributed by atoms with Crippen LogP contribution in [0.5, 0.6) is 5.88 Å². The Morgan fingerprint density at radius 2 is 1.94 bits per heavy atom. The number of halogens is 1. The molecule has 164 valence electrons. The molecule has 3 fully saturated rings. The standard InChI is InChI=1S/C23H20ClN3O5/c24-14-7-15-20(27-19(14)12-3-1-11(2-4-12)17-5-6-29-17)13(8-25)23(26-15)32-18-10-31-21-16(28)9-30-22(18)21/h1-4,7,16-18,21-22,26,28H,5-6,9-10H2/t16-,17?,18-,21-,22-/m1/s1. The average molecular weight is 454 g/mol. The van der Waals surface area contributed by atoms with Crippen LogP contribution in [0.2, 0.25) is 5.02 Å². The summed E-state index contributed by atoms with van der Waals surface area (Å²) in [7, 11) is 0. The molecule has 0 radical (unpaired) electrons. The highest BCUT2D eigenvalue weighted by Crippen LogP contribution is 2.37. The third-order valence-electron chi connectivity index (χ3n) is 6.31. The maximum Gasteiger partial charge on any atom is 0.212 e. The molecular formula is C23H20ClN3O5. The van der Waals surface area contributed by atoms with Gasteiger partial charge in [-0.25, -0.2) is 4.98 Å². The number of pyridine rings is 1. The lowest BCUT2D eigenvalue weighted by atomic mass is 10.0. The fourth-order valence-corrected chi connectivity index (χ4v) is 4.77. The molecule has 2 N–H and O–H groups in total. The molecule has 0 bridgehead atoms. The molecule has 3 aliphatic rings. The number of hydrogen-bond acceptors (Lipinski definition) is 7. The van der Waals surface area contributed by atoms with Crippen LogP contribution in [0.3, 0.4) is 0 Å². The topological polar surface area (TPSA) is 110 Å². The number of nitrogens with zero attached hydrogens (tertiary/aromatic N) is 2. The highest BCUT2D eigenvalue weighted by Gasteiger charge is 2.48.